The van der Waals surface area contributed by atoms with Gasteiger partial charge in [0.05, 0.1) is 0 Å². The lowest BCUT2D eigenvalue weighted by Crippen LogP contribution is -2.10. The van der Waals surface area contributed by atoms with Gasteiger partial charge >= 0.3 is 0 Å². The summed E-state index contributed by atoms with van der Waals surface area (Å²) in [7, 11) is 0. The van der Waals surface area contributed by atoms with E-state index < -0.39 is 0 Å². The van der Waals surface area contributed by atoms with Gasteiger partial charge in [-0.1, -0.05) is 18.2 Å². The van der Waals surface area contributed by atoms with Crippen molar-refractivity contribution in [3.8, 4) is 0 Å². The van der Waals surface area contributed by atoms with Crippen molar-refractivity contribution in [3.63, 3.8) is 0 Å². The van der Waals surface area contributed by atoms with Crippen LogP contribution in [0.2, 0.25) is 0 Å². The molecule has 1 aliphatic rings. The SMILES string of the molecule is CC(=O)Cc1cccc2c1NC(C)C2. The Hall–Kier alpha value is -1.31. The Morgan fingerprint density at radius 1 is 1.57 bits per heavy atom. The second kappa shape index (κ2) is 3.45. The first-order valence-corrected chi connectivity index (χ1v) is 5.03. The quantitative estimate of drug-likeness (QED) is 0.772. The first-order valence-electron chi connectivity index (χ1n) is 5.03. The summed E-state index contributed by atoms with van der Waals surface area (Å²) < 4.78 is 0. The van der Waals surface area contributed by atoms with Crippen LogP contribution in [0.5, 0.6) is 0 Å². The number of Topliss-reactive ketones (excluding diaryl/α,β-unsaturated/α-hetero) is 1. The van der Waals surface area contributed by atoms with E-state index in [0.29, 0.717) is 12.5 Å². The van der Waals surface area contributed by atoms with Gasteiger partial charge in [0, 0.05) is 18.2 Å². The molecule has 14 heavy (non-hydrogen) atoms. The van der Waals surface area contributed by atoms with Gasteiger partial charge < -0.3 is 5.32 Å². The molecule has 1 atom stereocenters. The molecule has 74 valence electrons. The highest BCUT2D eigenvalue weighted by Gasteiger charge is 2.19. The van der Waals surface area contributed by atoms with Crippen LogP contribution in [-0.2, 0) is 17.6 Å². The van der Waals surface area contributed by atoms with Crippen LogP contribution in [-0.4, -0.2) is 11.8 Å². The monoisotopic (exact) mass is 189 g/mol. The average molecular weight is 189 g/mol. The summed E-state index contributed by atoms with van der Waals surface area (Å²) in [4.78, 5) is 11.1. The number of rotatable bonds is 2. The molecular weight excluding hydrogens is 174 g/mol. The van der Waals surface area contributed by atoms with Crippen LogP contribution in [0.25, 0.3) is 0 Å². The molecular formula is C12H15NO. The van der Waals surface area contributed by atoms with Crippen LogP contribution >= 0.6 is 0 Å². The summed E-state index contributed by atoms with van der Waals surface area (Å²) in [5, 5.41) is 3.42. The molecule has 0 amide bonds. The first kappa shape index (κ1) is 9.25. The van der Waals surface area contributed by atoms with Gasteiger partial charge in [0.2, 0.25) is 0 Å². The molecule has 0 fully saturated rings. The van der Waals surface area contributed by atoms with Gasteiger partial charge in [-0.05, 0) is 31.4 Å². The number of anilines is 1. The minimum atomic E-state index is 0.222. The zero-order valence-corrected chi connectivity index (χ0v) is 8.63. The molecule has 0 saturated carbocycles. The summed E-state index contributed by atoms with van der Waals surface area (Å²) in [6, 6.07) is 6.70. The van der Waals surface area contributed by atoms with Gasteiger partial charge in [-0.3, -0.25) is 4.79 Å². The Morgan fingerprint density at radius 3 is 3.07 bits per heavy atom. The Morgan fingerprint density at radius 2 is 2.36 bits per heavy atom. The smallest absolute Gasteiger partial charge is 0.134 e. The summed E-state index contributed by atoms with van der Waals surface area (Å²) in [5.41, 5.74) is 3.67. The molecule has 0 radical (unpaired) electrons. The second-order valence-electron chi connectivity index (χ2n) is 4.08. The van der Waals surface area contributed by atoms with E-state index in [1.54, 1.807) is 6.92 Å². The van der Waals surface area contributed by atoms with E-state index >= 15 is 0 Å². The van der Waals surface area contributed by atoms with Crippen LogP contribution in [0.4, 0.5) is 5.69 Å². The van der Waals surface area contributed by atoms with Crippen molar-refractivity contribution in [3.05, 3.63) is 29.3 Å². The number of benzene rings is 1. The van der Waals surface area contributed by atoms with Crippen molar-refractivity contribution >= 4 is 11.5 Å². The summed E-state index contributed by atoms with van der Waals surface area (Å²) >= 11 is 0. The van der Waals surface area contributed by atoms with Gasteiger partial charge in [-0.2, -0.15) is 0 Å². The highest BCUT2D eigenvalue weighted by molar-refractivity contribution is 5.81. The number of para-hydroxylation sites is 1. The maximum Gasteiger partial charge on any atom is 0.134 e. The molecule has 0 saturated heterocycles. The van der Waals surface area contributed by atoms with Crippen LogP contribution in [0.15, 0.2) is 18.2 Å². The van der Waals surface area contributed by atoms with E-state index in [1.165, 1.54) is 11.3 Å². The predicted molar refractivity (Wildman–Crippen MR) is 57.6 cm³/mol. The molecule has 1 heterocycles. The molecule has 0 aromatic heterocycles. The fraction of sp³-hybridized carbons (Fsp3) is 0.417. The van der Waals surface area contributed by atoms with Crippen LogP contribution in [0.1, 0.15) is 25.0 Å². The maximum atomic E-state index is 11.1. The van der Waals surface area contributed by atoms with Crippen LogP contribution in [0, 0.1) is 0 Å². The highest BCUT2D eigenvalue weighted by Crippen LogP contribution is 2.29. The lowest BCUT2D eigenvalue weighted by atomic mass is 10.0. The number of fused-ring (bicyclic) bond motifs is 1. The molecule has 1 aromatic rings. The third-order valence-electron chi connectivity index (χ3n) is 2.59. The molecule has 0 spiro atoms. The van der Waals surface area contributed by atoms with Crippen molar-refractivity contribution in [1.29, 1.82) is 0 Å². The zero-order valence-electron chi connectivity index (χ0n) is 8.63. The minimum absolute atomic E-state index is 0.222. The van der Waals surface area contributed by atoms with Crippen LogP contribution < -0.4 is 5.32 Å². The van der Waals surface area contributed by atoms with Crippen molar-refractivity contribution < 1.29 is 4.79 Å². The average Bonchev–Trinajstić information content (AvgIpc) is 2.45. The largest absolute Gasteiger partial charge is 0.382 e. The Balaban J connectivity index is 2.34. The minimum Gasteiger partial charge on any atom is -0.382 e. The number of carbonyl (C=O) groups is 1. The number of carbonyl (C=O) groups excluding carboxylic acids is 1. The molecule has 2 nitrogen and oxygen atoms in total. The summed E-state index contributed by atoms with van der Waals surface area (Å²) in [6.07, 6.45) is 1.62. The van der Waals surface area contributed by atoms with E-state index in [2.05, 4.69) is 18.3 Å². The molecule has 0 bridgehead atoms. The van der Waals surface area contributed by atoms with Crippen LogP contribution in [0.3, 0.4) is 0 Å². The molecule has 2 rings (SSSR count). The first-order chi connectivity index (χ1) is 6.66. The fourth-order valence-electron chi connectivity index (χ4n) is 2.05. The highest BCUT2D eigenvalue weighted by atomic mass is 16.1. The van der Waals surface area contributed by atoms with E-state index in [4.69, 9.17) is 0 Å². The third kappa shape index (κ3) is 1.65. The lowest BCUT2D eigenvalue weighted by Gasteiger charge is -2.08. The molecule has 1 unspecified atom stereocenters. The van der Waals surface area contributed by atoms with E-state index in [9.17, 15) is 4.79 Å². The van der Waals surface area contributed by atoms with Gasteiger partial charge in [0.25, 0.3) is 0 Å². The second-order valence-corrected chi connectivity index (χ2v) is 4.08. The van der Waals surface area contributed by atoms with E-state index in [0.717, 1.165) is 12.0 Å². The van der Waals surface area contributed by atoms with E-state index in [-0.39, 0.29) is 5.78 Å². The lowest BCUT2D eigenvalue weighted by molar-refractivity contribution is -0.116. The van der Waals surface area contributed by atoms with Crippen molar-refractivity contribution in [1.82, 2.24) is 0 Å². The summed E-state index contributed by atoms with van der Waals surface area (Å²) in [5.74, 6) is 0.222. The number of hydrogen-bond donors (Lipinski definition) is 1. The Labute approximate surface area is 84.3 Å². The molecule has 2 heteroatoms. The zero-order chi connectivity index (χ0) is 10.1. The van der Waals surface area contributed by atoms with Crippen molar-refractivity contribution in [2.24, 2.45) is 0 Å². The summed E-state index contributed by atoms with van der Waals surface area (Å²) in [6.45, 7) is 3.80. The predicted octanol–water partition coefficient (Wildman–Crippen LogP) is 2.17. The third-order valence-corrected chi connectivity index (χ3v) is 2.59. The van der Waals surface area contributed by atoms with Gasteiger partial charge in [0.15, 0.2) is 0 Å². The number of ketones is 1. The fourth-order valence-corrected chi connectivity index (χ4v) is 2.05. The number of hydrogen-bond acceptors (Lipinski definition) is 2. The Kier molecular flexibility index (Phi) is 2.28. The Bertz CT molecular complexity index is 371. The molecule has 0 aliphatic carbocycles. The maximum absolute atomic E-state index is 11.1. The van der Waals surface area contributed by atoms with Gasteiger partial charge in [0.1, 0.15) is 5.78 Å². The topological polar surface area (TPSA) is 29.1 Å². The van der Waals surface area contributed by atoms with E-state index in [1.807, 2.05) is 12.1 Å². The standard InChI is InChI=1S/C12H15NO/c1-8-6-10-4-3-5-11(7-9(2)14)12(10)13-8/h3-5,8,13H,6-7H2,1-2H3. The van der Waals surface area contributed by atoms with Gasteiger partial charge in [-0.15, -0.1) is 0 Å². The molecule has 1 aliphatic heterocycles. The van der Waals surface area contributed by atoms with Crippen molar-refractivity contribution in [2.45, 2.75) is 32.7 Å². The van der Waals surface area contributed by atoms with Gasteiger partial charge in [-0.25, -0.2) is 0 Å². The number of nitrogens with one attached hydrogen (secondary N) is 1. The van der Waals surface area contributed by atoms with Crippen molar-refractivity contribution in [2.75, 3.05) is 5.32 Å². The molecule has 1 aromatic carbocycles. The normalized spacial score (nSPS) is 18.9. The molecule has 1 N–H and O–H groups in total.